The molecule has 1 aromatic heterocycles. The minimum atomic E-state index is 0.203. The Labute approximate surface area is 141 Å². The van der Waals surface area contributed by atoms with E-state index in [4.69, 9.17) is 4.52 Å². The van der Waals surface area contributed by atoms with Crippen molar-refractivity contribution in [3.8, 4) is 11.4 Å². The summed E-state index contributed by atoms with van der Waals surface area (Å²) in [5.41, 5.74) is 2.21. The molecule has 2 bridgehead atoms. The van der Waals surface area contributed by atoms with Crippen LogP contribution < -0.4 is 0 Å². The van der Waals surface area contributed by atoms with Crippen LogP contribution in [0.5, 0.6) is 0 Å². The number of piperidine rings is 1. The van der Waals surface area contributed by atoms with Crippen molar-refractivity contribution in [3.05, 3.63) is 48.4 Å². The number of nitrogens with zero attached hydrogens (tertiary/aromatic N) is 3. The summed E-state index contributed by atoms with van der Waals surface area (Å²) < 4.78 is 5.30. The van der Waals surface area contributed by atoms with Gasteiger partial charge >= 0.3 is 0 Å². The maximum atomic E-state index is 12.6. The van der Waals surface area contributed by atoms with E-state index in [-0.39, 0.29) is 5.91 Å². The van der Waals surface area contributed by atoms with Crippen LogP contribution in [0.4, 0.5) is 0 Å². The van der Waals surface area contributed by atoms with Crippen molar-refractivity contribution in [2.45, 2.75) is 50.6 Å². The highest BCUT2D eigenvalue weighted by Crippen LogP contribution is 2.38. The van der Waals surface area contributed by atoms with Gasteiger partial charge in [-0.1, -0.05) is 47.6 Å². The fraction of sp³-hybridized carbons (Fsp3) is 0.421. The number of carbonyl (C=O) groups excluding carboxylic acids is 1. The SMILES string of the molecule is C=C1CC2CCC(C1)N2C(=O)CCc1nc(-c2ccccc2)no1. The molecule has 1 amide bonds. The Morgan fingerprint density at radius 1 is 1.21 bits per heavy atom. The second-order valence-electron chi connectivity index (χ2n) is 6.72. The average molecular weight is 323 g/mol. The predicted molar refractivity (Wildman–Crippen MR) is 90.1 cm³/mol. The normalized spacial score (nSPS) is 22.8. The molecule has 0 saturated carbocycles. The van der Waals surface area contributed by atoms with Crippen molar-refractivity contribution in [3.63, 3.8) is 0 Å². The van der Waals surface area contributed by atoms with E-state index in [9.17, 15) is 4.79 Å². The largest absolute Gasteiger partial charge is 0.339 e. The molecule has 2 aliphatic rings. The molecule has 24 heavy (non-hydrogen) atoms. The molecular formula is C19H21N3O2. The summed E-state index contributed by atoms with van der Waals surface area (Å²) in [7, 11) is 0. The quantitative estimate of drug-likeness (QED) is 0.809. The van der Waals surface area contributed by atoms with E-state index in [1.54, 1.807) is 0 Å². The van der Waals surface area contributed by atoms with E-state index < -0.39 is 0 Å². The van der Waals surface area contributed by atoms with Gasteiger partial charge in [0.15, 0.2) is 0 Å². The first-order valence-corrected chi connectivity index (χ1v) is 8.56. The Morgan fingerprint density at radius 3 is 2.62 bits per heavy atom. The van der Waals surface area contributed by atoms with Gasteiger partial charge in [0, 0.05) is 30.5 Å². The Morgan fingerprint density at radius 2 is 1.92 bits per heavy atom. The Kier molecular flexibility index (Phi) is 3.92. The second kappa shape index (κ2) is 6.23. The van der Waals surface area contributed by atoms with Crippen LogP contribution in [0.15, 0.2) is 47.0 Å². The van der Waals surface area contributed by atoms with Crippen LogP contribution in [-0.4, -0.2) is 33.0 Å². The molecule has 0 N–H and O–H groups in total. The van der Waals surface area contributed by atoms with Crippen molar-refractivity contribution in [2.75, 3.05) is 0 Å². The first kappa shape index (κ1) is 15.1. The van der Waals surface area contributed by atoms with Crippen LogP contribution >= 0.6 is 0 Å². The second-order valence-corrected chi connectivity index (χ2v) is 6.72. The minimum Gasteiger partial charge on any atom is -0.339 e. The lowest BCUT2D eigenvalue weighted by atomic mass is 9.97. The van der Waals surface area contributed by atoms with Crippen molar-refractivity contribution < 1.29 is 9.32 Å². The lowest BCUT2D eigenvalue weighted by molar-refractivity contribution is -0.134. The number of amides is 1. The molecule has 1 aromatic carbocycles. The molecule has 5 nitrogen and oxygen atoms in total. The highest BCUT2D eigenvalue weighted by molar-refractivity contribution is 5.77. The molecule has 0 aliphatic carbocycles. The van der Waals surface area contributed by atoms with Crippen molar-refractivity contribution >= 4 is 5.91 Å². The van der Waals surface area contributed by atoms with Gasteiger partial charge < -0.3 is 9.42 Å². The number of fused-ring (bicyclic) bond motifs is 2. The van der Waals surface area contributed by atoms with Crippen LogP contribution in [0.2, 0.25) is 0 Å². The van der Waals surface area contributed by atoms with Gasteiger partial charge in [-0.15, -0.1) is 0 Å². The summed E-state index contributed by atoms with van der Waals surface area (Å²) in [5, 5.41) is 4.01. The number of aryl methyl sites for hydroxylation is 1. The van der Waals surface area contributed by atoms with Crippen LogP contribution in [0.1, 0.15) is 38.0 Å². The van der Waals surface area contributed by atoms with Crippen LogP contribution in [0.3, 0.4) is 0 Å². The molecule has 2 unspecified atom stereocenters. The Balaban J connectivity index is 1.38. The molecule has 0 radical (unpaired) electrons. The van der Waals surface area contributed by atoms with E-state index in [0.717, 1.165) is 31.2 Å². The molecular weight excluding hydrogens is 302 g/mol. The molecule has 3 heterocycles. The summed E-state index contributed by atoms with van der Waals surface area (Å²) in [4.78, 5) is 19.1. The molecule has 4 rings (SSSR count). The maximum Gasteiger partial charge on any atom is 0.227 e. The lowest BCUT2D eigenvalue weighted by Gasteiger charge is -2.36. The van der Waals surface area contributed by atoms with Gasteiger partial charge in [0.05, 0.1) is 0 Å². The number of hydrogen-bond acceptors (Lipinski definition) is 4. The van der Waals surface area contributed by atoms with E-state index >= 15 is 0 Å². The van der Waals surface area contributed by atoms with Gasteiger partial charge in [0.25, 0.3) is 0 Å². The van der Waals surface area contributed by atoms with Gasteiger partial charge in [0.2, 0.25) is 17.6 Å². The van der Waals surface area contributed by atoms with Crippen molar-refractivity contribution in [2.24, 2.45) is 0 Å². The third-order valence-electron chi connectivity index (χ3n) is 5.01. The third kappa shape index (κ3) is 2.86. The standard InChI is InChI=1S/C19H21N3O2/c1-13-11-15-7-8-16(12-13)22(15)18(23)10-9-17-20-19(21-24-17)14-5-3-2-4-6-14/h2-6,15-16H,1,7-12H2. The van der Waals surface area contributed by atoms with E-state index in [0.29, 0.717) is 36.6 Å². The predicted octanol–water partition coefficient (Wildman–Crippen LogP) is 3.38. The molecule has 2 saturated heterocycles. The zero-order valence-corrected chi connectivity index (χ0v) is 13.6. The van der Waals surface area contributed by atoms with Gasteiger partial charge in [0.1, 0.15) is 0 Å². The zero-order chi connectivity index (χ0) is 16.5. The fourth-order valence-electron chi connectivity index (χ4n) is 3.92. The average Bonchev–Trinajstić information content (AvgIpc) is 3.17. The summed E-state index contributed by atoms with van der Waals surface area (Å²) in [6, 6.07) is 10.4. The van der Waals surface area contributed by atoms with Gasteiger partial charge in [-0.25, -0.2) is 0 Å². The zero-order valence-electron chi connectivity index (χ0n) is 13.6. The number of aromatic nitrogens is 2. The van der Waals surface area contributed by atoms with E-state index in [2.05, 4.69) is 21.6 Å². The first-order valence-electron chi connectivity index (χ1n) is 8.56. The fourth-order valence-corrected chi connectivity index (χ4v) is 3.92. The van der Waals surface area contributed by atoms with Crippen LogP contribution in [0, 0.1) is 0 Å². The number of rotatable bonds is 4. The first-order chi connectivity index (χ1) is 11.7. The molecule has 5 heteroatoms. The summed E-state index contributed by atoms with van der Waals surface area (Å²) in [6.45, 7) is 4.10. The van der Waals surface area contributed by atoms with Crippen LogP contribution in [0.25, 0.3) is 11.4 Å². The Hall–Kier alpha value is -2.43. The lowest BCUT2D eigenvalue weighted by Crippen LogP contribution is -2.44. The molecule has 2 fully saturated rings. The highest BCUT2D eigenvalue weighted by Gasteiger charge is 2.40. The summed E-state index contributed by atoms with van der Waals surface area (Å²) in [5.74, 6) is 1.30. The summed E-state index contributed by atoms with van der Waals surface area (Å²) in [6.07, 6.45) is 5.05. The number of benzene rings is 1. The van der Waals surface area contributed by atoms with Crippen molar-refractivity contribution in [1.82, 2.24) is 15.0 Å². The van der Waals surface area contributed by atoms with Gasteiger partial charge in [-0.3, -0.25) is 4.79 Å². The Bertz CT molecular complexity index is 737. The molecule has 2 aromatic rings. The molecule has 124 valence electrons. The number of hydrogen-bond donors (Lipinski definition) is 0. The summed E-state index contributed by atoms with van der Waals surface area (Å²) >= 11 is 0. The van der Waals surface area contributed by atoms with Crippen LogP contribution in [-0.2, 0) is 11.2 Å². The monoisotopic (exact) mass is 323 g/mol. The van der Waals surface area contributed by atoms with Crippen molar-refractivity contribution in [1.29, 1.82) is 0 Å². The topological polar surface area (TPSA) is 59.2 Å². The third-order valence-corrected chi connectivity index (χ3v) is 5.01. The molecule has 2 atom stereocenters. The van der Waals surface area contributed by atoms with E-state index in [1.807, 2.05) is 30.3 Å². The maximum absolute atomic E-state index is 12.6. The van der Waals surface area contributed by atoms with E-state index in [1.165, 1.54) is 5.57 Å². The minimum absolute atomic E-state index is 0.203. The van der Waals surface area contributed by atoms with Gasteiger partial charge in [-0.05, 0) is 25.7 Å². The smallest absolute Gasteiger partial charge is 0.227 e. The highest BCUT2D eigenvalue weighted by atomic mass is 16.5. The van der Waals surface area contributed by atoms with Gasteiger partial charge in [-0.2, -0.15) is 4.98 Å². The molecule has 0 spiro atoms. The number of carbonyl (C=O) groups is 1. The molecule has 2 aliphatic heterocycles.